The summed E-state index contributed by atoms with van der Waals surface area (Å²) < 4.78 is 28.2. The Morgan fingerprint density at radius 3 is 2.14 bits per heavy atom. The molecular formula is C21H28N2O4S. The highest BCUT2D eigenvalue weighted by Crippen LogP contribution is 2.24. The molecule has 0 aliphatic heterocycles. The fourth-order valence-electron chi connectivity index (χ4n) is 2.61. The second kappa shape index (κ2) is 8.75. The third-order valence-corrected chi connectivity index (χ3v) is 5.30. The third-order valence-electron chi connectivity index (χ3n) is 4.37. The molecule has 1 amide bonds. The topological polar surface area (TPSA) is 98.5 Å². The number of ether oxygens (including phenoxy) is 1. The minimum atomic E-state index is -3.69. The zero-order chi connectivity index (χ0) is 20.9. The van der Waals surface area contributed by atoms with Crippen molar-refractivity contribution >= 4 is 15.9 Å². The first-order valence-corrected chi connectivity index (χ1v) is 10.7. The van der Waals surface area contributed by atoms with Gasteiger partial charge in [0.05, 0.1) is 4.90 Å². The highest BCUT2D eigenvalue weighted by Gasteiger charge is 2.16. The van der Waals surface area contributed by atoms with Gasteiger partial charge in [-0.1, -0.05) is 45.0 Å². The predicted molar refractivity (Wildman–Crippen MR) is 110 cm³/mol. The van der Waals surface area contributed by atoms with Crippen LogP contribution in [-0.4, -0.2) is 27.0 Å². The third kappa shape index (κ3) is 6.35. The number of amides is 1. The molecule has 0 fully saturated rings. The maximum atomic E-state index is 12.2. The number of benzene rings is 2. The molecule has 28 heavy (non-hydrogen) atoms. The van der Waals surface area contributed by atoms with Gasteiger partial charge < -0.3 is 10.1 Å². The molecular weight excluding hydrogens is 376 g/mol. The number of rotatable bonds is 7. The Labute approximate surface area is 167 Å². The summed E-state index contributed by atoms with van der Waals surface area (Å²) in [6.45, 7) is 8.54. The average molecular weight is 405 g/mol. The number of hydrogen-bond donors (Lipinski definition) is 2. The second-order valence-corrected chi connectivity index (χ2v) is 9.33. The lowest BCUT2D eigenvalue weighted by atomic mass is 9.87. The van der Waals surface area contributed by atoms with E-state index in [0.29, 0.717) is 18.7 Å². The highest BCUT2D eigenvalue weighted by molar-refractivity contribution is 7.89. The molecule has 7 heteroatoms. The molecule has 2 aromatic carbocycles. The molecule has 2 rings (SSSR count). The van der Waals surface area contributed by atoms with Crippen molar-refractivity contribution in [2.45, 2.75) is 50.5 Å². The van der Waals surface area contributed by atoms with Gasteiger partial charge >= 0.3 is 0 Å². The first-order valence-electron chi connectivity index (χ1n) is 9.13. The molecule has 3 N–H and O–H groups in total. The first kappa shape index (κ1) is 21.9. The van der Waals surface area contributed by atoms with Crippen LogP contribution in [0.4, 0.5) is 0 Å². The van der Waals surface area contributed by atoms with Crippen LogP contribution in [0.3, 0.4) is 0 Å². The van der Waals surface area contributed by atoms with Gasteiger partial charge in [-0.05, 0) is 54.2 Å². The highest BCUT2D eigenvalue weighted by atomic mass is 32.2. The van der Waals surface area contributed by atoms with Crippen molar-refractivity contribution < 1.29 is 17.9 Å². The van der Waals surface area contributed by atoms with Gasteiger partial charge in [-0.3, -0.25) is 4.79 Å². The Morgan fingerprint density at radius 1 is 1.07 bits per heavy atom. The summed E-state index contributed by atoms with van der Waals surface area (Å²) in [5, 5.41) is 7.90. The zero-order valence-corrected chi connectivity index (χ0v) is 17.5. The Kier molecular flexibility index (Phi) is 6.85. The van der Waals surface area contributed by atoms with Crippen molar-refractivity contribution in [2.24, 2.45) is 5.14 Å². The van der Waals surface area contributed by atoms with Gasteiger partial charge in [0.15, 0.2) is 6.10 Å². The molecule has 0 aliphatic rings. The van der Waals surface area contributed by atoms with Crippen molar-refractivity contribution in [3.63, 3.8) is 0 Å². The van der Waals surface area contributed by atoms with Crippen LogP contribution in [0.5, 0.6) is 5.75 Å². The van der Waals surface area contributed by atoms with Gasteiger partial charge in [0.1, 0.15) is 5.75 Å². The normalized spacial score (nSPS) is 13.0. The van der Waals surface area contributed by atoms with Crippen LogP contribution in [0.2, 0.25) is 0 Å². The fraction of sp³-hybridized carbons (Fsp3) is 0.381. The molecule has 0 bridgehead atoms. The fourth-order valence-corrected chi connectivity index (χ4v) is 3.13. The molecule has 0 spiro atoms. The van der Waals surface area contributed by atoms with Crippen LogP contribution in [-0.2, 0) is 26.7 Å². The summed E-state index contributed by atoms with van der Waals surface area (Å²) in [4.78, 5) is 12.3. The van der Waals surface area contributed by atoms with E-state index in [2.05, 4.69) is 26.1 Å². The maximum absolute atomic E-state index is 12.2. The number of hydrogen-bond acceptors (Lipinski definition) is 4. The standard InChI is InChI=1S/C21H28N2O4S/c1-15(27-18-9-7-17(8-10-18)21(2,3)4)20(24)23-14-13-16-5-11-19(12-6-16)28(22,25)26/h5-12,15H,13-14H2,1-4H3,(H,23,24)(H2,22,25,26)/t15-/m1/s1. The van der Waals surface area contributed by atoms with Crippen molar-refractivity contribution in [3.8, 4) is 5.75 Å². The zero-order valence-electron chi connectivity index (χ0n) is 16.7. The molecule has 0 aromatic heterocycles. The monoisotopic (exact) mass is 404 g/mol. The minimum Gasteiger partial charge on any atom is -0.481 e. The lowest BCUT2D eigenvalue weighted by Crippen LogP contribution is -2.37. The number of primary sulfonamides is 1. The number of carbonyl (C=O) groups is 1. The van der Waals surface area contributed by atoms with Gasteiger partial charge in [0.2, 0.25) is 10.0 Å². The largest absolute Gasteiger partial charge is 0.481 e. The van der Waals surface area contributed by atoms with Crippen molar-refractivity contribution in [2.75, 3.05) is 6.54 Å². The summed E-state index contributed by atoms with van der Waals surface area (Å²) in [6, 6.07) is 14.0. The van der Waals surface area contributed by atoms with Gasteiger partial charge in [-0.15, -0.1) is 0 Å². The van der Waals surface area contributed by atoms with Crippen LogP contribution >= 0.6 is 0 Å². The number of carbonyl (C=O) groups excluding carboxylic acids is 1. The molecule has 0 saturated heterocycles. The van der Waals surface area contributed by atoms with Crippen LogP contribution < -0.4 is 15.2 Å². The van der Waals surface area contributed by atoms with Gasteiger partial charge in [-0.25, -0.2) is 13.6 Å². The van der Waals surface area contributed by atoms with E-state index >= 15 is 0 Å². The quantitative estimate of drug-likeness (QED) is 0.741. The van der Waals surface area contributed by atoms with E-state index in [-0.39, 0.29) is 16.2 Å². The molecule has 1 atom stereocenters. The van der Waals surface area contributed by atoms with E-state index in [9.17, 15) is 13.2 Å². The van der Waals surface area contributed by atoms with Crippen LogP contribution in [0.25, 0.3) is 0 Å². The van der Waals surface area contributed by atoms with Crippen molar-refractivity contribution in [1.29, 1.82) is 0 Å². The number of nitrogens with two attached hydrogens (primary N) is 1. The predicted octanol–water partition coefficient (Wildman–Crippen LogP) is 2.76. The summed E-state index contributed by atoms with van der Waals surface area (Å²) in [5.41, 5.74) is 2.16. The Morgan fingerprint density at radius 2 is 1.64 bits per heavy atom. The van der Waals surface area contributed by atoms with E-state index in [1.165, 1.54) is 17.7 Å². The van der Waals surface area contributed by atoms with Crippen molar-refractivity contribution in [1.82, 2.24) is 5.32 Å². The second-order valence-electron chi connectivity index (χ2n) is 7.76. The smallest absolute Gasteiger partial charge is 0.260 e. The molecule has 0 saturated carbocycles. The summed E-state index contributed by atoms with van der Waals surface area (Å²) in [5.74, 6) is 0.440. The summed E-state index contributed by atoms with van der Waals surface area (Å²) in [6.07, 6.45) is -0.0471. The number of nitrogens with one attached hydrogen (secondary N) is 1. The van der Waals surface area contributed by atoms with Gasteiger partial charge in [-0.2, -0.15) is 0 Å². The Bertz CT molecular complexity index is 899. The molecule has 0 radical (unpaired) electrons. The van der Waals surface area contributed by atoms with E-state index in [0.717, 1.165) is 5.56 Å². The molecule has 0 heterocycles. The van der Waals surface area contributed by atoms with Crippen LogP contribution in [0, 0.1) is 0 Å². The molecule has 2 aromatic rings. The SMILES string of the molecule is C[C@@H](Oc1ccc(C(C)(C)C)cc1)C(=O)NCCc1ccc(S(N)(=O)=O)cc1. The van der Waals surface area contributed by atoms with Gasteiger partial charge in [0, 0.05) is 6.54 Å². The van der Waals surface area contributed by atoms with Crippen LogP contribution in [0.1, 0.15) is 38.8 Å². The van der Waals surface area contributed by atoms with Crippen LogP contribution in [0.15, 0.2) is 53.4 Å². The number of sulfonamides is 1. The average Bonchev–Trinajstić information content (AvgIpc) is 2.61. The molecule has 0 unspecified atom stereocenters. The van der Waals surface area contributed by atoms with Gasteiger partial charge in [0.25, 0.3) is 5.91 Å². The Balaban J connectivity index is 1.82. The van der Waals surface area contributed by atoms with E-state index < -0.39 is 16.1 Å². The van der Waals surface area contributed by atoms with Crippen molar-refractivity contribution in [3.05, 3.63) is 59.7 Å². The summed E-state index contributed by atoms with van der Waals surface area (Å²) in [7, 11) is -3.69. The maximum Gasteiger partial charge on any atom is 0.260 e. The minimum absolute atomic E-state index is 0.0636. The first-order chi connectivity index (χ1) is 13.0. The van der Waals surface area contributed by atoms with E-state index in [1.807, 2.05) is 24.3 Å². The molecule has 152 valence electrons. The summed E-state index contributed by atoms with van der Waals surface area (Å²) >= 11 is 0. The van der Waals surface area contributed by atoms with E-state index in [1.54, 1.807) is 19.1 Å². The lowest BCUT2D eigenvalue weighted by Gasteiger charge is -2.20. The molecule has 0 aliphatic carbocycles. The lowest BCUT2D eigenvalue weighted by molar-refractivity contribution is -0.127. The Hall–Kier alpha value is -2.38. The van der Waals surface area contributed by atoms with E-state index in [4.69, 9.17) is 9.88 Å². The molecule has 6 nitrogen and oxygen atoms in total.